The number of hydrogen-bond acceptors (Lipinski definition) is 1. The Morgan fingerprint density at radius 3 is 1.73 bits per heavy atom. The van der Waals surface area contributed by atoms with Crippen LogP contribution >= 0.6 is 10.2 Å². The zero-order chi connectivity index (χ0) is 8.06. The van der Waals surface area contributed by atoms with Crippen LogP contribution in [0.2, 0.25) is 0 Å². The lowest BCUT2D eigenvalue weighted by Gasteiger charge is -2.37. The summed E-state index contributed by atoms with van der Waals surface area (Å²) in [5.74, 6) is 2.17. The summed E-state index contributed by atoms with van der Waals surface area (Å²) in [6, 6.07) is 0. The molecule has 2 unspecified atom stereocenters. The van der Waals surface area contributed by atoms with E-state index in [9.17, 15) is 0 Å². The highest BCUT2D eigenvalue weighted by Gasteiger charge is 2.41. The van der Waals surface area contributed by atoms with Crippen molar-refractivity contribution in [2.24, 2.45) is 11.8 Å². The molecule has 1 aliphatic carbocycles. The Balaban J connectivity index is 1.98. The highest BCUT2D eigenvalue weighted by molar-refractivity contribution is 8.30. The van der Waals surface area contributed by atoms with E-state index in [2.05, 4.69) is 23.1 Å². The molecule has 1 aliphatic heterocycles. The molecule has 2 aliphatic rings. The summed E-state index contributed by atoms with van der Waals surface area (Å²) >= 11 is 0. The van der Waals surface area contributed by atoms with Crippen LogP contribution in [0.1, 0.15) is 12.8 Å². The van der Waals surface area contributed by atoms with Crippen LogP contribution in [-0.2, 0) is 0 Å². The summed E-state index contributed by atoms with van der Waals surface area (Å²) < 4.78 is 2.73. The molecule has 0 spiro atoms. The van der Waals surface area contributed by atoms with Crippen LogP contribution in [0.4, 0.5) is 0 Å². The van der Waals surface area contributed by atoms with Crippen LogP contribution in [0.15, 0.2) is 0 Å². The lowest BCUT2D eigenvalue weighted by atomic mass is 9.77. The van der Waals surface area contributed by atoms with Crippen LogP contribution in [0.25, 0.3) is 0 Å². The maximum atomic E-state index is 2.73. The summed E-state index contributed by atoms with van der Waals surface area (Å²) in [5.41, 5.74) is 0. The molecule has 2 heteroatoms. The largest absolute Gasteiger partial charge is 0.268 e. The van der Waals surface area contributed by atoms with E-state index >= 15 is 0 Å². The first-order valence-electron chi connectivity index (χ1n) is 4.51. The first-order valence-corrected chi connectivity index (χ1v) is 7.32. The van der Waals surface area contributed by atoms with Gasteiger partial charge in [0, 0.05) is 13.1 Å². The molecule has 1 heterocycles. The smallest absolute Gasteiger partial charge is 0.0105 e. The zero-order valence-corrected chi connectivity index (χ0v) is 8.66. The van der Waals surface area contributed by atoms with Gasteiger partial charge in [0.1, 0.15) is 0 Å². The Hall–Kier alpha value is 0.310. The third-order valence-corrected chi connectivity index (χ3v) is 5.07. The van der Waals surface area contributed by atoms with Crippen molar-refractivity contribution >= 4 is 10.2 Å². The topological polar surface area (TPSA) is 3.24 Å². The zero-order valence-electron chi connectivity index (χ0n) is 7.84. The van der Waals surface area contributed by atoms with Gasteiger partial charge in [-0.1, -0.05) is 0 Å². The van der Waals surface area contributed by atoms with Crippen molar-refractivity contribution in [3.05, 3.63) is 0 Å². The molecule has 0 radical (unpaired) electrons. The summed E-state index contributed by atoms with van der Waals surface area (Å²) in [7, 11) is -0.395. The molecule has 0 aromatic carbocycles. The molecule has 0 aromatic rings. The Morgan fingerprint density at radius 2 is 1.45 bits per heavy atom. The van der Waals surface area contributed by atoms with E-state index in [1.807, 2.05) is 0 Å². The maximum Gasteiger partial charge on any atom is 0.0105 e. The highest BCUT2D eigenvalue weighted by Crippen LogP contribution is 2.50. The van der Waals surface area contributed by atoms with Gasteiger partial charge in [-0.25, -0.2) is 0 Å². The molecule has 2 fully saturated rings. The number of hydrogen-bond donors (Lipinski definition) is 0. The SMILES string of the molecule is CS(C)(C)N1CC2CCC2C1. The predicted octanol–water partition coefficient (Wildman–Crippen LogP) is 1.94. The minimum atomic E-state index is -0.395. The fraction of sp³-hybridized carbons (Fsp3) is 1.00. The Labute approximate surface area is 71.6 Å². The fourth-order valence-electron chi connectivity index (χ4n) is 2.16. The second-order valence-corrected chi connectivity index (χ2v) is 8.78. The third-order valence-electron chi connectivity index (χ3n) is 3.23. The van der Waals surface area contributed by atoms with Gasteiger partial charge in [0.15, 0.2) is 0 Å². The van der Waals surface area contributed by atoms with Crippen LogP contribution in [0, 0.1) is 11.8 Å². The van der Waals surface area contributed by atoms with Gasteiger partial charge in [0.2, 0.25) is 0 Å². The van der Waals surface area contributed by atoms with Crippen LogP contribution in [0.3, 0.4) is 0 Å². The van der Waals surface area contributed by atoms with Gasteiger partial charge < -0.3 is 0 Å². The van der Waals surface area contributed by atoms with Crippen molar-refractivity contribution in [1.82, 2.24) is 4.31 Å². The molecule has 0 amide bonds. The average Bonchev–Trinajstić information content (AvgIpc) is 2.06. The van der Waals surface area contributed by atoms with Gasteiger partial charge in [-0.15, -0.1) is 0 Å². The van der Waals surface area contributed by atoms with E-state index in [0.717, 1.165) is 11.8 Å². The summed E-state index contributed by atoms with van der Waals surface area (Å²) in [6.45, 7) is 2.81. The van der Waals surface area contributed by atoms with Gasteiger partial charge in [0.25, 0.3) is 0 Å². The number of rotatable bonds is 1. The van der Waals surface area contributed by atoms with Gasteiger partial charge in [-0.05, 0) is 43.4 Å². The van der Waals surface area contributed by atoms with E-state index in [0.29, 0.717) is 0 Å². The predicted molar refractivity (Wildman–Crippen MR) is 53.2 cm³/mol. The summed E-state index contributed by atoms with van der Waals surface area (Å²) in [6.07, 6.45) is 10.3. The lowest BCUT2D eigenvalue weighted by Crippen LogP contribution is -2.23. The van der Waals surface area contributed by atoms with Crippen LogP contribution in [-0.4, -0.2) is 36.2 Å². The molecule has 66 valence electrons. The standard InChI is InChI=1S/C9H19NS/c1-11(2,3)10-6-8-4-5-9(8)7-10/h8-9H,4-7H2,1-3H3. The second kappa shape index (κ2) is 2.40. The molecule has 0 aromatic heterocycles. The van der Waals surface area contributed by atoms with Crippen molar-refractivity contribution in [3.8, 4) is 0 Å². The van der Waals surface area contributed by atoms with E-state index in [4.69, 9.17) is 0 Å². The monoisotopic (exact) mass is 173 g/mol. The number of nitrogens with zero attached hydrogens (tertiary/aromatic N) is 1. The Bertz CT molecular complexity index is 149. The molecular formula is C9H19NS. The van der Waals surface area contributed by atoms with Crippen molar-refractivity contribution < 1.29 is 0 Å². The normalized spacial score (nSPS) is 39.9. The van der Waals surface area contributed by atoms with Gasteiger partial charge >= 0.3 is 0 Å². The Morgan fingerprint density at radius 1 is 1.00 bits per heavy atom. The molecular weight excluding hydrogens is 154 g/mol. The molecule has 11 heavy (non-hydrogen) atoms. The minimum Gasteiger partial charge on any atom is -0.268 e. The van der Waals surface area contributed by atoms with Gasteiger partial charge in [0.05, 0.1) is 0 Å². The van der Waals surface area contributed by atoms with Crippen molar-refractivity contribution in [2.75, 3.05) is 31.9 Å². The fourth-order valence-corrected chi connectivity index (χ4v) is 3.44. The molecule has 1 nitrogen and oxygen atoms in total. The first-order chi connectivity index (χ1) is 5.07. The van der Waals surface area contributed by atoms with Gasteiger partial charge in [-0.3, -0.25) is 4.31 Å². The summed E-state index contributed by atoms with van der Waals surface area (Å²) in [4.78, 5) is 0. The third kappa shape index (κ3) is 1.31. The van der Waals surface area contributed by atoms with Crippen LogP contribution in [0.5, 0.6) is 0 Å². The van der Waals surface area contributed by atoms with E-state index in [-0.39, 0.29) is 0 Å². The quantitative estimate of drug-likeness (QED) is 0.586. The van der Waals surface area contributed by atoms with Crippen molar-refractivity contribution in [3.63, 3.8) is 0 Å². The van der Waals surface area contributed by atoms with Crippen molar-refractivity contribution in [1.29, 1.82) is 0 Å². The molecule has 2 atom stereocenters. The minimum absolute atomic E-state index is 0.395. The van der Waals surface area contributed by atoms with Crippen LogP contribution < -0.4 is 0 Å². The van der Waals surface area contributed by atoms with Crippen molar-refractivity contribution in [2.45, 2.75) is 12.8 Å². The molecule has 1 saturated heterocycles. The maximum absolute atomic E-state index is 2.73. The lowest BCUT2D eigenvalue weighted by molar-refractivity contribution is 0.243. The summed E-state index contributed by atoms with van der Waals surface area (Å²) in [5, 5.41) is 0. The Kier molecular flexibility index (Phi) is 1.73. The number of fused-ring (bicyclic) bond motifs is 1. The highest BCUT2D eigenvalue weighted by atomic mass is 32.3. The molecule has 1 saturated carbocycles. The molecule has 0 bridgehead atoms. The first kappa shape index (κ1) is 7.93. The average molecular weight is 173 g/mol. The van der Waals surface area contributed by atoms with E-state index in [1.54, 1.807) is 0 Å². The molecule has 2 rings (SSSR count). The van der Waals surface area contributed by atoms with E-state index in [1.165, 1.54) is 25.9 Å². The van der Waals surface area contributed by atoms with E-state index < -0.39 is 10.2 Å². The van der Waals surface area contributed by atoms with Gasteiger partial charge in [-0.2, -0.15) is 10.2 Å². The molecule has 0 N–H and O–H groups in total. The second-order valence-electron chi connectivity index (χ2n) is 4.72.